The Morgan fingerprint density at radius 1 is 1.15 bits per heavy atom. The molecule has 0 unspecified atom stereocenters. The van der Waals surface area contributed by atoms with Gasteiger partial charge in [-0.25, -0.2) is 8.78 Å². The van der Waals surface area contributed by atoms with E-state index < -0.39 is 11.6 Å². The molecule has 2 aromatic carbocycles. The lowest BCUT2D eigenvalue weighted by atomic mass is 10.2. The summed E-state index contributed by atoms with van der Waals surface area (Å²) >= 11 is 6.12. The molecule has 0 bridgehead atoms. The van der Waals surface area contributed by atoms with Crippen LogP contribution in [0.2, 0.25) is 5.02 Å². The Kier molecular flexibility index (Phi) is 4.93. The third-order valence-electron chi connectivity index (χ3n) is 2.74. The molecule has 1 N–H and O–H groups in total. The molecule has 2 nitrogen and oxygen atoms in total. The van der Waals surface area contributed by atoms with Gasteiger partial charge in [0.25, 0.3) is 0 Å². The van der Waals surface area contributed by atoms with Gasteiger partial charge in [0.15, 0.2) is 11.6 Å². The predicted octanol–water partition coefficient (Wildman–Crippen LogP) is 4.52. The van der Waals surface area contributed by atoms with Gasteiger partial charge in [-0.2, -0.15) is 0 Å². The van der Waals surface area contributed by atoms with Crippen LogP contribution in [0.5, 0.6) is 11.5 Å². The minimum Gasteiger partial charge on any atom is -0.454 e. The average molecular weight is 298 g/mol. The zero-order chi connectivity index (χ0) is 14.5. The smallest absolute Gasteiger partial charge is 0.168 e. The highest BCUT2D eigenvalue weighted by Gasteiger charge is 2.11. The highest BCUT2D eigenvalue weighted by atomic mass is 35.5. The molecular weight excluding hydrogens is 284 g/mol. The van der Waals surface area contributed by atoms with Crippen LogP contribution in [0.15, 0.2) is 36.4 Å². The SMILES string of the molecule is CCNCc1c(Cl)cccc1Oc1ccc(F)cc1F. The van der Waals surface area contributed by atoms with E-state index >= 15 is 0 Å². The van der Waals surface area contributed by atoms with Crippen LogP contribution < -0.4 is 10.1 Å². The lowest BCUT2D eigenvalue weighted by Gasteiger charge is -2.13. The maximum absolute atomic E-state index is 13.6. The first kappa shape index (κ1) is 14.8. The standard InChI is InChI=1S/C15H14ClF2NO/c1-2-19-9-11-12(16)4-3-5-14(11)20-15-7-6-10(17)8-13(15)18/h3-8,19H,2,9H2,1H3. The maximum Gasteiger partial charge on any atom is 0.168 e. The summed E-state index contributed by atoms with van der Waals surface area (Å²) in [6.07, 6.45) is 0. The molecule has 0 aliphatic rings. The van der Waals surface area contributed by atoms with E-state index in [0.29, 0.717) is 17.3 Å². The van der Waals surface area contributed by atoms with E-state index in [2.05, 4.69) is 5.32 Å². The number of benzene rings is 2. The second-order valence-electron chi connectivity index (χ2n) is 4.17. The Bertz CT molecular complexity index is 604. The molecule has 0 spiro atoms. The molecule has 0 atom stereocenters. The van der Waals surface area contributed by atoms with E-state index in [-0.39, 0.29) is 5.75 Å². The van der Waals surface area contributed by atoms with Crippen LogP contribution in [-0.2, 0) is 6.54 Å². The summed E-state index contributed by atoms with van der Waals surface area (Å²) in [5, 5.41) is 3.67. The minimum atomic E-state index is -0.751. The molecule has 0 radical (unpaired) electrons. The largest absolute Gasteiger partial charge is 0.454 e. The molecule has 0 aliphatic carbocycles. The first-order valence-corrected chi connectivity index (χ1v) is 6.60. The van der Waals surface area contributed by atoms with Crippen LogP contribution in [0.3, 0.4) is 0 Å². The summed E-state index contributed by atoms with van der Waals surface area (Å²) in [6, 6.07) is 8.33. The Balaban J connectivity index is 2.30. The van der Waals surface area contributed by atoms with Gasteiger partial charge in [0.05, 0.1) is 0 Å². The van der Waals surface area contributed by atoms with Gasteiger partial charge in [0.2, 0.25) is 0 Å². The van der Waals surface area contributed by atoms with Crippen molar-refractivity contribution < 1.29 is 13.5 Å². The van der Waals surface area contributed by atoms with Crippen molar-refractivity contribution in [3.05, 3.63) is 58.6 Å². The van der Waals surface area contributed by atoms with E-state index in [1.807, 2.05) is 6.92 Å². The zero-order valence-corrected chi connectivity index (χ0v) is 11.7. The maximum atomic E-state index is 13.6. The molecule has 106 valence electrons. The summed E-state index contributed by atoms with van der Waals surface area (Å²) in [6.45, 7) is 3.25. The number of halogens is 3. The van der Waals surface area contributed by atoms with Gasteiger partial charge in [-0.3, -0.25) is 0 Å². The fraction of sp³-hybridized carbons (Fsp3) is 0.200. The Morgan fingerprint density at radius 2 is 1.95 bits per heavy atom. The van der Waals surface area contributed by atoms with Crippen molar-refractivity contribution in [3.63, 3.8) is 0 Å². The van der Waals surface area contributed by atoms with E-state index in [1.165, 1.54) is 6.07 Å². The van der Waals surface area contributed by atoms with Crippen molar-refractivity contribution in [1.82, 2.24) is 5.32 Å². The molecule has 0 amide bonds. The van der Waals surface area contributed by atoms with Gasteiger partial charge in [0.1, 0.15) is 11.6 Å². The fourth-order valence-electron chi connectivity index (χ4n) is 1.73. The van der Waals surface area contributed by atoms with Crippen molar-refractivity contribution >= 4 is 11.6 Å². The minimum absolute atomic E-state index is 0.0357. The second-order valence-corrected chi connectivity index (χ2v) is 4.58. The van der Waals surface area contributed by atoms with Crippen LogP contribution >= 0.6 is 11.6 Å². The number of rotatable bonds is 5. The number of hydrogen-bond acceptors (Lipinski definition) is 2. The molecule has 2 rings (SSSR count). The van der Waals surface area contributed by atoms with Crippen molar-refractivity contribution in [1.29, 1.82) is 0 Å². The van der Waals surface area contributed by atoms with Gasteiger partial charge in [-0.1, -0.05) is 24.6 Å². The third kappa shape index (κ3) is 3.46. The molecule has 0 fully saturated rings. The van der Waals surface area contributed by atoms with Gasteiger partial charge < -0.3 is 10.1 Å². The molecule has 2 aromatic rings. The van der Waals surface area contributed by atoms with Crippen LogP contribution in [-0.4, -0.2) is 6.54 Å². The lowest BCUT2D eigenvalue weighted by molar-refractivity contribution is 0.432. The van der Waals surface area contributed by atoms with E-state index in [1.54, 1.807) is 18.2 Å². The molecule has 0 aromatic heterocycles. The second kappa shape index (κ2) is 6.68. The topological polar surface area (TPSA) is 21.3 Å². The normalized spacial score (nSPS) is 10.6. The lowest BCUT2D eigenvalue weighted by Crippen LogP contribution is -2.12. The van der Waals surface area contributed by atoms with Crippen molar-refractivity contribution in [2.45, 2.75) is 13.5 Å². The summed E-state index contributed by atoms with van der Waals surface area (Å²) < 4.78 is 32.0. The quantitative estimate of drug-likeness (QED) is 0.876. The summed E-state index contributed by atoms with van der Waals surface area (Å²) in [7, 11) is 0. The molecule has 0 heterocycles. The molecule has 20 heavy (non-hydrogen) atoms. The summed E-state index contributed by atoms with van der Waals surface area (Å²) in [4.78, 5) is 0. The first-order chi connectivity index (χ1) is 9.61. The van der Waals surface area contributed by atoms with Crippen molar-refractivity contribution in [3.8, 4) is 11.5 Å². The van der Waals surface area contributed by atoms with Crippen LogP contribution in [0.1, 0.15) is 12.5 Å². The van der Waals surface area contributed by atoms with Crippen LogP contribution in [0, 0.1) is 11.6 Å². The Hall–Kier alpha value is -1.65. The molecule has 5 heteroatoms. The average Bonchev–Trinajstić information content (AvgIpc) is 2.41. The van der Waals surface area contributed by atoms with E-state index in [9.17, 15) is 8.78 Å². The van der Waals surface area contributed by atoms with Gasteiger partial charge in [0, 0.05) is 23.2 Å². The third-order valence-corrected chi connectivity index (χ3v) is 3.10. The predicted molar refractivity (Wildman–Crippen MR) is 75.3 cm³/mol. The number of hydrogen-bond donors (Lipinski definition) is 1. The highest BCUT2D eigenvalue weighted by Crippen LogP contribution is 2.31. The highest BCUT2D eigenvalue weighted by molar-refractivity contribution is 6.31. The van der Waals surface area contributed by atoms with Crippen LogP contribution in [0.25, 0.3) is 0 Å². The molecular formula is C15H14ClF2NO. The van der Waals surface area contributed by atoms with Crippen molar-refractivity contribution in [2.75, 3.05) is 6.54 Å². The monoisotopic (exact) mass is 297 g/mol. The fourth-order valence-corrected chi connectivity index (χ4v) is 1.97. The molecule has 0 aliphatic heterocycles. The molecule has 0 saturated carbocycles. The Morgan fingerprint density at radius 3 is 2.65 bits per heavy atom. The van der Waals surface area contributed by atoms with Gasteiger partial charge >= 0.3 is 0 Å². The number of ether oxygens (including phenoxy) is 1. The zero-order valence-electron chi connectivity index (χ0n) is 10.9. The molecule has 0 saturated heterocycles. The Labute approximate surface area is 121 Å². The van der Waals surface area contributed by atoms with E-state index in [4.69, 9.17) is 16.3 Å². The summed E-state index contributed by atoms with van der Waals surface area (Å²) in [5.74, 6) is -0.983. The van der Waals surface area contributed by atoms with Crippen molar-refractivity contribution in [2.24, 2.45) is 0 Å². The van der Waals surface area contributed by atoms with Gasteiger partial charge in [-0.05, 0) is 30.8 Å². The summed E-state index contributed by atoms with van der Waals surface area (Å²) in [5.41, 5.74) is 0.736. The van der Waals surface area contributed by atoms with Gasteiger partial charge in [-0.15, -0.1) is 0 Å². The van der Waals surface area contributed by atoms with Crippen LogP contribution in [0.4, 0.5) is 8.78 Å². The first-order valence-electron chi connectivity index (χ1n) is 6.23. The van der Waals surface area contributed by atoms with E-state index in [0.717, 1.165) is 24.2 Å². The number of nitrogens with one attached hydrogen (secondary N) is 1.